The summed E-state index contributed by atoms with van der Waals surface area (Å²) in [6, 6.07) is 12.4. The molecule has 27 heavy (non-hydrogen) atoms. The van der Waals surface area contributed by atoms with Crippen LogP contribution in [0.3, 0.4) is 0 Å². The monoisotopic (exact) mass is 437 g/mol. The summed E-state index contributed by atoms with van der Waals surface area (Å²) in [5.41, 5.74) is 18.3. The van der Waals surface area contributed by atoms with Gasteiger partial charge in [0.2, 0.25) is 0 Å². The smallest absolute Gasteiger partial charge is 0.698 e. The van der Waals surface area contributed by atoms with E-state index in [1.165, 1.54) is 27.8 Å². The molecule has 0 saturated heterocycles. The van der Waals surface area contributed by atoms with Gasteiger partial charge in [-0.05, 0) is 41.0 Å². The third-order valence-electron chi connectivity index (χ3n) is 4.41. The molecule has 0 heterocycles. The van der Waals surface area contributed by atoms with Gasteiger partial charge in [0.15, 0.2) is 0 Å². The Kier molecular flexibility index (Phi) is 12.9. The largest absolute Gasteiger partial charge is 2.00 e. The van der Waals surface area contributed by atoms with Crippen molar-refractivity contribution < 1.29 is 21.7 Å². The topological polar surface area (TPSA) is 23.8 Å². The Labute approximate surface area is 192 Å². The molecule has 144 valence electrons. The quantitative estimate of drug-likeness (QED) is 0.317. The van der Waals surface area contributed by atoms with E-state index in [1.807, 2.05) is 32.0 Å². The number of rotatable bonds is 1. The van der Waals surface area contributed by atoms with E-state index in [0.717, 1.165) is 23.1 Å². The second-order valence-corrected chi connectivity index (χ2v) is 6.76. The van der Waals surface area contributed by atoms with Gasteiger partial charge in [-0.3, -0.25) is 0 Å². The number of halogens is 2. The van der Waals surface area contributed by atoms with Crippen molar-refractivity contribution in [2.45, 2.75) is 41.0 Å². The van der Waals surface area contributed by atoms with Crippen molar-refractivity contribution in [3.05, 3.63) is 94.1 Å². The fraction of sp³-hybridized carbons (Fsp3) is 0.261. The number of nitrogens with one attached hydrogen (secondary N) is 1. The predicted octanol–water partition coefficient (Wildman–Crippen LogP) is 8.13. The number of allylic oxidation sites excluding steroid dienone is 4. The fourth-order valence-electron chi connectivity index (χ4n) is 3.23. The maximum absolute atomic E-state index is 7.54. The Balaban J connectivity index is 0. The zero-order valence-electron chi connectivity index (χ0n) is 16.8. The second-order valence-electron chi connectivity index (χ2n) is 6.76. The second kappa shape index (κ2) is 12.4. The summed E-state index contributed by atoms with van der Waals surface area (Å²) < 4.78 is 0. The Morgan fingerprint density at radius 2 is 1.41 bits per heavy atom. The molecule has 2 aromatic carbocycles. The van der Waals surface area contributed by atoms with Crippen LogP contribution in [0.4, 0.5) is 5.69 Å². The van der Waals surface area contributed by atoms with E-state index in [9.17, 15) is 0 Å². The van der Waals surface area contributed by atoms with Gasteiger partial charge in [0.05, 0.1) is 0 Å². The Morgan fingerprint density at radius 3 is 1.85 bits per heavy atom. The summed E-state index contributed by atoms with van der Waals surface area (Å²) in [5.74, 6) is 0. The first kappa shape index (κ1) is 28.1. The molecule has 1 N–H and O–H groups in total. The Bertz CT molecular complexity index is 800. The average Bonchev–Trinajstić information content (AvgIpc) is 2.84. The molecule has 0 amide bonds. The molecule has 0 saturated carbocycles. The molecule has 1 nitrogen and oxygen atoms in total. The van der Waals surface area contributed by atoms with Crippen molar-refractivity contribution in [2.24, 2.45) is 0 Å². The van der Waals surface area contributed by atoms with E-state index in [4.69, 9.17) is 5.73 Å². The SMILES string of the molecule is Cc1cc(C)c([NH-])c(C)c1.Cl.Cl.[CH2-]c1ccccc1C1=C(C)C=C(C)C1.[Ti+2]. The summed E-state index contributed by atoms with van der Waals surface area (Å²) in [4.78, 5) is 0. The molecule has 0 aromatic heterocycles. The molecule has 4 heteroatoms. The van der Waals surface area contributed by atoms with Crippen LogP contribution in [0.5, 0.6) is 0 Å². The first-order valence-corrected chi connectivity index (χ1v) is 8.37. The summed E-state index contributed by atoms with van der Waals surface area (Å²) in [5, 5.41) is 0. The number of benzene rings is 2. The molecule has 0 atom stereocenters. The van der Waals surface area contributed by atoms with E-state index in [1.54, 1.807) is 0 Å². The van der Waals surface area contributed by atoms with Crippen molar-refractivity contribution in [1.29, 1.82) is 0 Å². The predicted molar refractivity (Wildman–Crippen MR) is 121 cm³/mol. The molecule has 0 aliphatic heterocycles. The van der Waals surface area contributed by atoms with Crippen molar-refractivity contribution in [3.8, 4) is 0 Å². The van der Waals surface area contributed by atoms with E-state index < -0.39 is 0 Å². The van der Waals surface area contributed by atoms with Gasteiger partial charge >= 0.3 is 21.7 Å². The maximum atomic E-state index is 7.54. The van der Waals surface area contributed by atoms with Crippen LogP contribution in [0.1, 0.15) is 48.1 Å². The van der Waals surface area contributed by atoms with Gasteiger partial charge in [-0.15, -0.1) is 48.2 Å². The van der Waals surface area contributed by atoms with Crippen LogP contribution in [0.2, 0.25) is 0 Å². The van der Waals surface area contributed by atoms with E-state index in [-0.39, 0.29) is 46.5 Å². The first-order valence-electron chi connectivity index (χ1n) is 8.37. The van der Waals surface area contributed by atoms with E-state index >= 15 is 0 Å². The number of hydrogen-bond donors (Lipinski definition) is 0. The molecule has 1 aliphatic rings. The third kappa shape index (κ3) is 7.43. The van der Waals surface area contributed by atoms with Gasteiger partial charge in [-0.25, -0.2) is 0 Å². The minimum absolute atomic E-state index is 0. The Morgan fingerprint density at radius 1 is 0.889 bits per heavy atom. The molecular weight excluding hydrogens is 409 g/mol. The van der Waals surface area contributed by atoms with Gasteiger partial charge in [0.1, 0.15) is 0 Å². The van der Waals surface area contributed by atoms with Crippen LogP contribution in [-0.2, 0) is 21.7 Å². The summed E-state index contributed by atoms with van der Waals surface area (Å²) >= 11 is 0. The first-order chi connectivity index (χ1) is 11.3. The van der Waals surface area contributed by atoms with Crippen molar-refractivity contribution in [3.63, 3.8) is 0 Å². The van der Waals surface area contributed by atoms with Crippen LogP contribution in [-0.4, -0.2) is 0 Å². The molecule has 0 spiro atoms. The van der Waals surface area contributed by atoms with Crippen molar-refractivity contribution in [1.82, 2.24) is 0 Å². The van der Waals surface area contributed by atoms with E-state index in [0.29, 0.717) is 5.69 Å². The standard InChI is InChI=1S/C14H15.C9H12N.2ClH.Ti/c1-10-8-12(3)14(9-10)13-7-5-4-6-11(13)2;1-6-4-7(2)9(10)8(3)5-6;;;/h4-8H,2,9H2,1,3H3;4-5,10H,1-3H3;2*1H;/q2*-1;;;+2. The number of hydrogen-bond acceptors (Lipinski definition) is 0. The Hall–Kier alpha value is -1.12. The molecule has 0 radical (unpaired) electrons. The van der Waals surface area contributed by atoms with Crippen LogP contribution in [0, 0.1) is 27.7 Å². The zero-order valence-corrected chi connectivity index (χ0v) is 20.0. The molecule has 1 aliphatic carbocycles. The fourth-order valence-corrected chi connectivity index (χ4v) is 3.23. The van der Waals surface area contributed by atoms with E-state index in [2.05, 4.69) is 52.0 Å². The maximum Gasteiger partial charge on any atom is 2.00 e. The van der Waals surface area contributed by atoms with Gasteiger partial charge in [0, 0.05) is 0 Å². The normalized spacial score (nSPS) is 12.0. The van der Waals surface area contributed by atoms with Crippen molar-refractivity contribution in [2.75, 3.05) is 0 Å². The molecular formula is C23H29Cl2NTi. The van der Waals surface area contributed by atoms with Gasteiger partial charge in [-0.2, -0.15) is 18.6 Å². The molecule has 2 aromatic rings. The van der Waals surface area contributed by atoms with Crippen LogP contribution in [0.15, 0.2) is 53.6 Å². The van der Waals surface area contributed by atoms with Gasteiger partial charge in [0.25, 0.3) is 0 Å². The third-order valence-corrected chi connectivity index (χ3v) is 4.41. The summed E-state index contributed by atoms with van der Waals surface area (Å²) in [6.07, 6.45) is 3.35. The van der Waals surface area contributed by atoms with Crippen molar-refractivity contribution >= 4 is 36.1 Å². The zero-order chi connectivity index (χ0) is 17.9. The van der Waals surface area contributed by atoms with Gasteiger partial charge < -0.3 is 5.73 Å². The van der Waals surface area contributed by atoms with Crippen LogP contribution in [0.25, 0.3) is 11.3 Å². The molecule has 0 fully saturated rings. The molecule has 0 unspecified atom stereocenters. The molecule has 3 rings (SSSR count). The summed E-state index contributed by atoms with van der Waals surface area (Å²) in [7, 11) is 0. The molecule has 0 bridgehead atoms. The van der Waals surface area contributed by atoms with Crippen LogP contribution < -0.4 is 0 Å². The minimum atomic E-state index is 0. The summed E-state index contributed by atoms with van der Waals surface area (Å²) in [6.45, 7) is 14.4. The number of aryl methyl sites for hydroxylation is 3. The average molecular weight is 438 g/mol. The van der Waals surface area contributed by atoms with Crippen LogP contribution >= 0.6 is 24.8 Å². The minimum Gasteiger partial charge on any atom is -0.698 e. The van der Waals surface area contributed by atoms with Gasteiger partial charge in [-0.1, -0.05) is 57.7 Å².